The summed E-state index contributed by atoms with van der Waals surface area (Å²) in [5.41, 5.74) is 5.30. The van der Waals surface area contributed by atoms with E-state index in [9.17, 15) is 13.6 Å². The number of amides is 1. The van der Waals surface area contributed by atoms with Crippen molar-refractivity contribution in [1.29, 1.82) is 0 Å². The number of carbonyl (C=O) groups is 1. The maximum atomic E-state index is 13.6. The Balaban J connectivity index is 1.17. The van der Waals surface area contributed by atoms with Gasteiger partial charge in [-0.25, -0.2) is 13.8 Å². The Labute approximate surface area is 224 Å². The lowest BCUT2D eigenvalue weighted by molar-refractivity contribution is -0.110. The number of hydrogen-bond acceptors (Lipinski definition) is 8. The van der Waals surface area contributed by atoms with Gasteiger partial charge < -0.3 is 20.3 Å². The molecule has 202 valence electrons. The Bertz CT molecular complexity index is 1390. The molecule has 0 spiro atoms. The lowest BCUT2D eigenvalue weighted by atomic mass is 9.98. The third-order valence-corrected chi connectivity index (χ3v) is 7.13. The normalized spacial score (nSPS) is 18.7. The molecule has 2 aromatic heterocycles. The summed E-state index contributed by atoms with van der Waals surface area (Å²) in [5, 5.41) is 6.07. The molecule has 5 heterocycles. The van der Waals surface area contributed by atoms with Crippen molar-refractivity contribution in [3.63, 3.8) is 0 Å². The summed E-state index contributed by atoms with van der Waals surface area (Å²) < 4.78 is 32.6. The van der Waals surface area contributed by atoms with Crippen molar-refractivity contribution in [3.8, 4) is 11.1 Å². The Morgan fingerprint density at radius 2 is 1.92 bits per heavy atom. The summed E-state index contributed by atoms with van der Waals surface area (Å²) in [4.78, 5) is 30.3. The number of halogens is 2. The van der Waals surface area contributed by atoms with Gasteiger partial charge in [0.2, 0.25) is 0 Å². The number of aliphatic imine (C=N–C) groups is 1. The number of alkyl halides is 2. The molecule has 2 fully saturated rings. The van der Waals surface area contributed by atoms with Crippen LogP contribution < -0.4 is 15.5 Å². The van der Waals surface area contributed by atoms with E-state index in [2.05, 4.69) is 36.6 Å². The monoisotopic (exact) mass is 533 g/mol. The molecule has 0 saturated carbocycles. The van der Waals surface area contributed by atoms with Crippen molar-refractivity contribution in [2.45, 2.75) is 18.9 Å². The van der Waals surface area contributed by atoms with Crippen LogP contribution in [-0.2, 0) is 16.1 Å². The van der Waals surface area contributed by atoms with Crippen LogP contribution in [0.5, 0.6) is 0 Å². The number of rotatable bonds is 6. The first kappa shape index (κ1) is 25.3. The van der Waals surface area contributed by atoms with Crippen LogP contribution in [0.1, 0.15) is 17.5 Å². The minimum atomic E-state index is -2.70. The van der Waals surface area contributed by atoms with Crippen LogP contribution in [-0.4, -0.2) is 78.5 Å². The second kappa shape index (κ2) is 10.7. The zero-order valence-electron chi connectivity index (χ0n) is 21.4. The molecule has 1 amide bonds. The fourth-order valence-electron chi connectivity index (χ4n) is 5.08. The topological polar surface area (TPSA) is 95.0 Å². The number of hydrogen-bond donors (Lipinski definition) is 2. The van der Waals surface area contributed by atoms with E-state index >= 15 is 0 Å². The van der Waals surface area contributed by atoms with Gasteiger partial charge in [0.05, 0.1) is 31.6 Å². The molecular formula is C28H29F2N7O2. The Morgan fingerprint density at radius 3 is 2.69 bits per heavy atom. The standard InChI is InChI=1S/C28H29F2N7O2/c29-28(30)5-6-37(17-28)25-4-2-22(15-32-25)35-27(38)26-23-12-20(1-3-24(23)33-18-34-26)21-11-19(13-31-14-21)16-36-7-9-39-10-8-36/h1-4,11-15,33H,5-10,16-18H2,(H,35,38). The molecule has 0 unspecified atom stereocenters. The highest BCUT2D eigenvalue weighted by molar-refractivity contribution is 6.50. The summed E-state index contributed by atoms with van der Waals surface area (Å²) in [6.45, 7) is 4.27. The molecule has 11 heteroatoms. The summed E-state index contributed by atoms with van der Waals surface area (Å²) in [7, 11) is 0. The van der Waals surface area contributed by atoms with Gasteiger partial charge in [-0.2, -0.15) is 0 Å². The molecule has 3 aliphatic heterocycles. The van der Waals surface area contributed by atoms with E-state index in [0.717, 1.165) is 55.2 Å². The average Bonchev–Trinajstić information content (AvgIpc) is 3.33. The van der Waals surface area contributed by atoms with Gasteiger partial charge in [-0.15, -0.1) is 0 Å². The third kappa shape index (κ3) is 5.74. The first-order valence-electron chi connectivity index (χ1n) is 13.0. The molecule has 2 N–H and O–H groups in total. The largest absolute Gasteiger partial charge is 0.379 e. The predicted molar refractivity (Wildman–Crippen MR) is 145 cm³/mol. The molecule has 9 nitrogen and oxygen atoms in total. The number of anilines is 3. The van der Waals surface area contributed by atoms with Crippen LogP contribution in [0.4, 0.5) is 26.0 Å². The molecule has 3 aromatic rings. The summed E-state index contributed by atoms with van der Waals surface area (Å²) in [6, 6.07) is 11.3. The maximum absolute atomic E-state index is 13.6. The molecule has 0 radical (unpaired) electrons. The van der Waals surface area contributed by atoms with Gasteiger partial charge in [0.15, 0.2) is 0 Å². The van der Waals surface area contributed by atoms with Crippen molar-refractivity contribution < 1.29 is 18.3 Å². The molecule has 3 aliphatic rings. The number of pyridine rings is 2. The van der Waals surface area contributed by atoms with Crippen molar-refractivity contribution in [3.05, 3.63) is 66.1 Å². The number of morpholine rings is 1. The third-order valence-electron chi connectivity index (χ3n) is 7.13. The van der Waals surface area contributed by atoms with Gasteiger partial charge in [-0.3, -0.25) is 19.7 Å². The Morgan fingerprint density at radius 1 is 1.05 bits per heavy atom. The van der Waals surface area contributed by atoms with Crippen molar-refractivity contribution in [1.82, 2.24) is 14.9 Å². The number of benzene rings is 1. The van der Waals surface area contributed by atoms with Gasteiger partial charge in [0, 0.05) is 61.8 Å². The number of aromatic nitrogens is 2. The zero-order chi connectivity index (χ0) is 26.8. The highest BCUT2D eigenvalue weighted by atomic mass is 19.3. The number of nitrogens with zero attached hydrogens (tertiary/aromatic N) is 5. The first-order valence-corrected chi connectivity index (χ1v) is 13.0. The Kier molecular flexibility index (Phi) is 6.92. The van der Waals surface area contributed by atoms with Crippen LogP contribution in [0.25, 0.3) is 11.1 Å². The van der Waals surface area contributed by atoms with E-state index in [-0.39, 0.29) is 32.1 Å². The quantitative estimate of drug-likeness (QED) is 0.500. The van der Waals surface area contributed by atoms with Crippen molar-refractivity contribution in [2.75, 3.05) is 61.6 Å². The van der Waals surface area contributed by atoms with E-state index in [0.29, 0.717) is 22.8 Å². The molecular weight excluding hydrogens is 504 g/mol. The average molecular weight is 534 g/mol. The second-order valence-electron chi connectivity index (χ2n) is 9.96. The van der Waals surface area contributed by atoms with Gasteiger partial charge >= 0.3 is 0 Å². The fraction of sp³-hybridized carbons (Fsp3) is 0.357. The summed E-state index contributed by atoms with van der Waals surface area (Å²) in [6.07, 6.45) is 5.00. The molecule has 0 bridgehead atoms. The lowest BCUT2D eigenvalue weighted by Crippen LogP contribution is -2.35. The highest BCUT2D eigenvalue weighted by Gasteiger charge is 2.38. The molecule has 39 heavy (non-hydrogen) atoms. The molecule has 6 rings (SSSR count). The number of nitrogens with one attached hydrogen (secondary N) is 2. The van der Waals surface area contributed by atoms with Crippen molar-refractivity contribution >= 4 is 28.8 Å². The van der Waals surface area contributed by atoms with E-state index < -0.39 is 5.92 Å². The zero-order valence-corrected chi connectivity index (χ0v) is 21.4. The number of carbonyl (C=O) groups excluding carboxylic acids is 1. The lowest BCUT2D eigenvalue weighted by Gasteiger charge is -2.26. The van der Waals surface area contributed by atoms with Gasteiger partial charge in [0.1, 0.15) is 18.2 Å². The smallest absolute Gasteiger partial charge is 0.274 e. The van der Waals surface area contributed by atoms with E-state index in [4.69, 9.17) is 4.74 Å². The number of ether oxygens (including phenoxy) is 1. The molecule has 2 saturated heterocycles. The van der Waals surface area contributed by atoms with Gasteiger partial charge in [-0.05, 0) is 41.5 Å². The van der Waals surface area contributed by atoms with Gasteiger partial charge in [0.25, 0.3) is 11.8 Å². The Hall–Kier alpha value is -3.96. The maximum Gasteiger partial charge on any atom is 0.274 e. The molecule has 0 atom stereocenters. The van der Waals surface area contributed by atoms with Crippen LogP contribution >= 0.6 is 0 Å². The van der Waals surface area contributed by atoms with Crippen LogP contribution in [0.3, 0.4) is 0 Å². The predicted octanol–water partition coefficient (Wildman–Crippen LogP) is 3.63. The highest BCUT2D eigenvalue weighted by Crippen LogP contribution is 2.31. The second-order valence-corrected chi connectivity index (χ2v) is 9.96. The van der Waals surface area contributed by atoms with Crippen molar-refractivity contribution in [2.24, 2.45) is 4.99 Å². The number of fused-ring (bicyclic) bond motifs is 1. The SMILES string of the molecule is O=C(Nc1ccc(N2CCC(F)(F)C2)nc1)C1=NCNc2ccc(-c3cncc(CN4CCOCC4)c3)cc21. The van der Waals surface area contributed by atoms with Crippen LogP contribution in [0.15, 0.2) is 60.0 Å². The van der Waals surface area contributed by atoms with E-state index in [1.165, 1.54) is 6.20 Å². The summed E-state index contributed by atoms with van der Waals surface area (Å²) in [5.74, 6) is -2.60. The minimum Gasteiger partial charge on any atom is -0.379 e. The minimum absolute atomic E-state index is 0.184. The fourth-order valence-corrected chi connectivity index (χ4v) is 5.08. The summed E-state index contributed by atoms with van der Waals surface area (Å²) >= 11 is 0. The van der Waals surface area contributed by atoms with Crippen LogP contribution in [0, 0.1) is 0 Å². The van der Waals surface area contributed by atoms with E-state index in [1.54, 1.807) is 17.0 Å². The van der Waals surface area contributed by atoms with Gasteiger partial charge in [-0.1, -0.05) is 6.07 Å². The van der Waals surface area contributed by atoms with E-state index in [1.807, 2.05) is 30.6 Å². The molecule has 0 aliphatic carbocycles. The first-order chi connectivity index (χ1) is 18.9. The van der Waals surface area contributed by atoms with Crippen LogP contribution in [0.2, 0.25) is 0 Å². The molecule has 1 aromatic carbocycles.